The smallest absolute Gasteiger partial charge is 0.00824 e. The first kappa shape index (κ1) is 4.13. The van der Waals surface area contributed by atoms with Crippen LogP contribution in [0.2, 0.25) is 0 Å². The van der Waals surface area contributed by atoms with Crippen LogP contribution in [0, 0.1) is 0 Å². The minimum Gasteiger partial charge on any atom is -0.0725 e. The van der Waals surface area contributed by atoms with Crippen molar-refractivity contribution in [1.82, 2.24) is 0 Å². The minimum absolute atomic E-state index is 1.20. The highest BCUT2D eigenvalue weighted by Crippen LogP contribution is 2.33. The second-order valence-electron chi connectivity index (χ2n) is 2.42. The van der Waals surface area contributed by atoms with E-state index in [0.29, 0.717) is 0 Å². The van der Waals surface area contributed by atoms with Gasteiger partial charge in [-0.3, -0.25) is 0 Å². The zero-order valence-electron chi connectivity index (χ0n) is 4.94. The minimum atomic E-state index is 1.20. The summed E-state index contributed by atoms with van der Waals surface area (Å²) >= 11 is 0. The van der Waals surface area contributed by atoms with Crippen molar-refractivity contribution in [3.8, 4) is 0 Å². The van der Waals surface area contributed by atoms with Crippen molar-refractivity contribution in [2.75, 3.05) is 0 Å². The maximum Gasteiger partial charge on any atom is -0.00824 e. The lowest BCUT2D eigenvalue weighted by molar-refractivity contribution is 1.15. The van der Waals surface area contributed by atoms with Crippen LogP contribution in [0.25, 0.3) is 0 Å². The van der Waals surface area contributed by atoms with E-state index in [1.807, 2.05) is 0 Å². The Kier molecular flexibility index (Phi) is 0.587. The SMILES string of the molecule is CC1=CC2=CCC2=C1. The Hall–Kier alpha value is -0.780. The highest BCUT2D eigenvalue weighted by molar-refractivity contribution is 5.58. The molecule has 0 bridgehead atoms. The summed E-state index contributed by atoms with van der Waals surface area (Å²) in [4.78, 5) is 0. The topological polar surface area (TPSA) is 0 Å². The number of hydrogen-bond donors (Lipinski definition) is 0. The molecule has 2 rings (SSSR count). The molecule has 2 aliphatic rings. The number of fused-ring (bicyclic) bond motifs is 1. The zero-order valence-corrected chi connectivity index (χ0v) is 4.94. The van der Waals surface area contributed by atoms with E-state index in [0.717, 1.165) is 0 Å². The first-order valence-corrected chi connectivity index (χ1v) is 2.96. The van der Waals surface area contributed by atoms with Gasteiger partial charge in [0, 0.05) is 0 Å². The molecule has 2 aliphatic carbocycles. The lowest BCUT2D eigenvalue weighted by atomic mass is 9.95. The Bertz CT molecular complexity index is 214. The summed E-state index contributed by atoms with van der Waals surface area (Å²) in [5.74, 6) is 0. The summed E-state index contributed by atoms with van der Waals surface area (Å²) in [6.07, 6.45) is 7.96. The maximum atomic E-state index is 2.27. The van der Waals surface area contributed by atoms with Crippen LogP contribution in [-0.2, 0) is 0 Å². The van der Waals surface area contributed by atoms with Crippen LogP contribution in [0.1, 0.15) is 13.3 Å². The van der Waals surface area contributed by atoms with Gasteiger partial charge in [0.1, 0.15) is 0 Å². The average molecular weight is 104 g/mol. The monoisotopic (exact) mass is 104 g/mol. The number of hydrogen-bond acceptors (Lipinski definition) is 0. The fraction of sp³-hybridized carbons (Fsp3) is 0.250. The maximum absolute atomic E-state index is 2.27. The van der Waals surface area contributed by atoms with Crippen LogP contribution in [0.4, 0.5) is 0 Å². The first-order chi connectivity index (χ1) is 3.86. The second kappa shape index (κ2) is 1.13. The molecule has 0 spiro atoms. The molecule has 0 aliphatic heterocycles. The van der Waals surface area contributed by atoms with Gasteiger partial charge in [-0.2, -0.15) is 0 Å². The van der Waals surface area contributed by atoms with E-state index in [-0.39, 0.29) is 0 Å². The van der Waals surface area contributed by atoms with Gasteiger partial charge < -0.3 is 0 Å². The number of rotatable bonds is 0. The predicted octanol–water partition coefficient (Wildman–Crippen LogP) is 2.20. The average Bonchev–Trinajstić information content (AvgIpc) is 1.91. The molecule has 0 nitrogen and oxygen atoms in total. The van der Waals surface area contributed by atoms with Gasteiger partial charge in [-0.25, -0.2) is 0 Å². The van der Waals surface area contributed by atoms with Gasteiger partial charge in [0.25, 0.3) is 0 Å². The molecule has 8 heavy (non-hydrogen) atoms. The largest absolute Gasteiger partial charge is 0.0725 e. The molecule has 0 aromatic carbocycles. The third-order valence-electron chi connectivity index (χ3n) is 1.70. The quantitative estimate of drug-likeness (QED) is 0.442. The third kappa shape index (κ3) is 0.353. The molecule has 0 unspecified atom stereocenters. The Balaban J connectivity index is 2.52. The van der Waals surface area contributed by atoms with E-state index in [9.17, 15) is 0 Å². The van der Waals surface area contributed by atoms with Gasteiger partial charge in [0.05, 0.1) is 0 Å². The van der Waals surface area contributed by atoms with Crippen molar-refractivity contribution in [3.63, 3.8) is 0 Å². The molecule has 40 valence electrons. The van der Waals surface area contributed by atoms with Gasteiger partial charge in [0.15, 0.2) is 0 Å². The summed E-state index contributed by atoms with van der Waals surface area (Å²) in [6, 6.07) is 0. The summed E-state index contributed by atoms with van der Waals surface area (Å²) < 4.78 is 0. The Morgan fingerprint density at radius 1 is 1.38 bits per heavy atom. The molecule has 0 amide bonds. The molecule has 0 heteroatoms. The molecule has 0 N–H and O–H groups in total. The van der Waals surface area contributed by atoms with Crippen LogP contribution >= 0.6 is 0 Å². The van der Waals surface area contributed by atoms with Gasteiger partial charge in [-0.1, -0.05) is 23.8 Å². The molecule has 0 aromatic heterocycles. The van der Waals surface area contributed by atoms with Crippen molar-refractivity contribution in [2.24, 2.45) is 0 Å². The fourth-order valence-corrected chi connectivity index (χ4v) is 1.19. The Morgan fingerprint density at radius 3 is 2.50 bits per heavy atom. The van der Waals surface area contributed by atoms with Crippen LogP contribution in [-0.4, -0.2) is 0 Å². The van der Waals surface area contributed by atoms with E-state index >= 15 is 0 Å². The van der Waals surface area contributed by atoms with Crippen LogP contribution in [0.15, 0.2) is 34.9 Å². The molecule has 0 atom stereocenters. The molecule has 0 radical (unpaired) electrons. The van der Waals surface area contributed by atoms with Gasteiger partial charge >= 0.3 is 0 Å². The molecular weight excluding hydrogens is 96.1 g/mol. The molecule has 0 heterocycles. The Morgan fingerprint density at radius 2 is 2.25 bits per heavy atom. The van der Waals surface area contributed by atoms with E-state index in [1.165, 1.54) is 23.1 Å². The zero-order chi connectivity index (χ0) is 5.56. The van der Waals surface area contributed by atoms with Crippen LogP contribution in [0.3, 0.4) is 0 Å². The molecule has 0 aromatic rings. The highest BCUT2D eigenvalue weighted by atomic mass is 14.2. The molecule has 0 fully saturated rings. The highest BCUT2D eigenvalue weighted by Gasteiger charge is 2.14. The summed E-state index contributed by atoms with van der Waals surface area (Å²) in [6.45, 7) is 2.14. The van der Waals surface area contributed by atoms with Gasteiger partial charge in [-0.05, 0) is 24.5 Å². The molecule has 0 saturated carbocycles. The van der Waals surface area contributed by atoms with Crippen molar-refractivity contribution in [1.29, 1.82) is 0 Å². The lowest BCUT2D eigenvalue weighted by Crippen LogP contribution is -1.91. The predicted molar refractivity (Wildman–Crippen MR) is 34.5 cm³/mol. The van der Waals surface area contributed by atoms with Crippen molar-refractivity contribution in [2.45, 2.75) is 13.3 Å². The first-order valence-electron chi connectivity index (χ1n) is 2.96. The normalized spacial score (nSPS) is 22.9. The fourth-order valence-electron chi connectivity index (χ4n) is 1.19. The standard InChI is InChI=1S/C8H8/c1-6-4-7-2-3-8(7)5-6/h2,4-5H,3H2,1H3. The van der Waals surface area contributed by atoms with E-state index in [4.69, 9.17) is 0 Å². The summed E-state index contributed by atoms with van der Waals surface area (Å²) in [5.41, 5.74) is 4.40. The van der Waals surface area contributed by atoms with Crippen molar-refractivity contribution in [3.05, 3.63) is 34.9 Å². The second-order valence-corrected chi connectivity index (χ2v) is 2.42. The lowest BCUT2D eigenvalue weighted by Gasteiger charge is -2.09. The van der Waals surface area contributed by atoms with Gasteiger partial charge in [-0.15, -0.1) is 0 Å². The van der Waals surface area contributed by atoms with E-state index in [1.54, 1.807) is 0 Å². The van der Waals surface area contributed by atoms with Crippen molar-refractivity contribution < 1.29 is 0 Å². The molecule has 0 saturated heterocycles. The number of allylic oxidation sites excluding steroid dienone is 6. The summed E-state index contributed by atoms with van der Waals surface area (Å²) in [5, 5.41) is 0. The van der Waals surface area contributed by atoms with Crippen LogP contribution in [0.5, 0.6) is 0 Å². The summed E-state index contributed by atoms with van der Waals surface area (Å²) in [7, 11) is 0. The van der Waals surface area contributed by atoms with Crippen molar-refractivity contribution >= 4 is 0 Å². The van der Waals surface area contributed by atoms with Crippen LogP contribution < -0.4 is 0 Å². The van der Waals surface area contributed by atoms with E-state index in [2.05, 4.69) is 25.2 Å². The Labute approximate surface area is 49.2 Å². The van der Waals surface area contributed by atoms with E-state index < -0.39 is 0 Å². The molecular formula is C8H8. The third-order valence-corrected chi connectivity index (χ3v) is 1.70. The van der Waals surface area contributed by atoms with Gasteiger partial charge in [0.2, 0.25) is 0 Å².